The highest BCUT2D eigenvalue weighted by atomic mass is 16.3. The van der Waals surface area contributed by atoms with Crippen LogP contribution in [0.25, 0.3) is 0 Å². The lowest BCUT2D eigenvalue weighted by atomic mass is 10.4. The van der Waals surface area contributed by atoms with E-state index in [-0.39, 0.29) is 6.61 Å². The topological polar surface area (TPSA) is 80.8 Å². The van der Waals surface area contributed by atoms with Gasteiger partial charge < -0.3 is 10.4 Å². The van der Waals surface area contributed by atoms with Crippen molar-refractivity contribution in [1.29, 1.82) is 0 Å². The maximum Gasteiger partial charge on any atom is 0.0964 e. The quantitative estimate of drug-likeness (QED) is 0.693. The van der Waals surface area contributed by atoms with Crippen LogP contribution in [-0.2, 0) is 26.7 Å². The van der Waals surface area contributed by atoms with Gasteiger partial charge in [0.1, 0.15) is 0 Å². The molecule has 2 aromatic heterocycles. The average molecular weight is 236 g/mol. The first-order chi connectivity index (χ1) is 8.29. The third kappa shape index (κ3) is 3.11. The molecule has 0 saturated heterocycles. The van der Waals surface area contributed by atoms with Gasteiger partial charge in [0.05, 0.1) is 24.5 Å². The molecule has 0 bridgehead atoms. The van der Waals surface area contributed by atoms with Crippen LogP contribution in [0.15, 0.2) is 18.5 Å². The van der Waals surface area contributed by atoms with E-state index in [1.165, 1.54) is 0 Å². The Kier molecular flexibility index (Phi) is 3.84. The van der Waals surface area contributed by atoms with Gasteiger partial charge in [0.2, 0.25) is 0 Å². The number of hydrogen-bond donors (Lipinski definition) is 2. The summed E-state index contributed by atoms with van der Waals surface area (Å²) >= 11 is 0. The predicted molar refractivity (Wildman–Crippen MR) is 60.9 cm³/mol. The monoisotopic (exact) mass is 236 g/mol. The lowest BCUT2D eigenvalue weighted by Crippen LogP contribution is -2.15. The highest BCUT2D eigenvalue weighted by molar-refractivity contribution is 5.00. The largest absolute Gasteiger partial charge is 0.394 e. The molecule has 0 unspecified atom stereocenters. The fourth-order valence-corrected chi connectivity index (χ4v) is 1.52. The average Bonchev–Trinajstić information content (AvgIpc) is 2.90. The van der Waals surface area contributed by atoms with E-state index in [9.17, 15) is 0 Å². The highest BCUT2D eigenvalue weighted by Crippen LogP contribution is 1.97. The Hall–Kier alpha value is -1.73. The fourth-order valence-electron chi connectivity index (χ4n) is 1.52. The Morgan fingerprint density at radius 3 is 3.00 bits per heavy atom. The number of nitrogens with one attached hydrogen (secondary N) is 1. The molecule has 7 heteroatoms. The molecule has 2 aromatic rings. The first-order valence-corrected chi connectivity index (χ1v) is 5.47. The molecule has 0 aliphatic carbocycles. The van der Waals surface area contributed by atoms with E-state index in [1.807, 2.05) is 24.0 Å². The second-order valence-corrected chi connectivity index (χ2v) is 3.75. The minimum atomic E-state index is 0.0747. The zero-order chi connectivity index (χ0) is 12.1. The van der Waals surface area contributed by atoms with Crippen LogP contribution in [0.2, 0.25) is 0 Å². The summed E-state index contributed by atoms with van der Waals surface area (Å²) in [6, 6.07) is 1.97. The van der Waals surface area contributed by atoms with E-state index in [0.717, 1.165) is 17.9 Å². The van der Waals surface area contributed by atoms with Crippen LogP contribution < -0.4 is 5.32 Å². The van der Waals surface area contributed by atoms with Gasteiger partial charge in [-0.1, -0.05) is 5.21 Å². The lowest BCUT2D eigenvalue weighted by Gasteiger charge is -2.02. The summed E-state index contributed by atoms with van der Waals surface area (Å²) in [6.45, 7) is 1.94. The molecule has 0 saturated carbocycles. The summed E-state index contributed by atoms with van der Waals surface area (Å²) in [5, 5.41) is 24.0. The molecule has 2 N–H and O–H groups in total. The molecule has 0 fully saturated rings. The van der Waals surface area contributed by atoms with Crippen molar-refractivity contribution in [3.05, 3.63) is 29.8 Å². The minimum absolute atomic E-state index is 0.0747. The fraction of sp³-hybridized carbons (Fsp3) is 0.500. The van der Waals surface area contributed by atoms with E-state index in [0.29, 0.717) is 13.1 Å². The van der Waals surface area contributed by atoms with E-state index in [2.05, 4.69) is 20.7 Å². The lowest BCUT2D eigenvalue weighted by molar-refractivity contribution is 0.268. The zero-order valence-corrected chi connectivity index (χ0v) is 9.74. The van der Waals surface area contributed by atoms with E-state index in [4.69, 9.17) is 5.11 Å². The third-order valence-corrected chi connectivity index (χ3v) is 2.45. The van der Waals surface area contributed by atoms with Gasteiger partial charge in [-0.2, -0.15) is 5.10 Å². The third-order valence-electron chi connectivity index (χ3n) is 2.45. The number of rotatable bonds is 6. The smallest absolute Gasteiger partial charge is 0.0964 e. The summed E-state index contributed by atoms with van der Waals surface area (Å²) < 4.78 is 3.46. The molecule has 0 amide bonds. The molecule has 0 atom stereocenters. The van der Waals surface area contributed by atoms with Crippen LogP contribution in [-0.4, -0.2) is 36.5 Å². The van der Waals surface area contributed by atoms with Gasteiger partial charge in [0.25, 0.3) is 0 Å². The van der Waals surface area contributed by atoms with Crippen molar-refractivity contribution in [2.75, 3.05) is 6.61 Å². The summed E-state index contributed by atoms with van der Waals surface area (Å²) in [5.74, 6) is 0. The predicted octanol–water partition coefficient (Wildman–Crippen LogP) is -0.706. The summed E-state index contributed by atoms with van der Waals surface area (Å²) in [7, 11) is 1.91. The van der Waals surface area contributed by atoms with E-state index < -0.39 is 0 Å². The second-order valence-electron chi connectivity index (χ2n) is 3.75. The van der Waals surface area contributed by atoms with Crippen molar-refractivity contribution in [2.24, 2.45) is 7.05 Å². The number of aliphatic hydroxyl groups excluding tert-OH is 1. The van der Waals surface area contributed by atoms with Crippen molar-refractivity contribution >= 4 is 0 Å². The summed E-state index contributed by atoms with van der Waals surface area (Å²) in [6.07, 6.45) is 3.60. The van der Waals surface area contributed by atoms with Crippen molar-refractivity contribution < 1.29 is 5.11 Å². The van der Waals surface area contributed by atoms with Crippen molar-refractivity contribution in [3.63, 3.8) is 0 Å². The molecule has 7 nitrogen and oxygen atoms in total. The Balaban J connectivity index is 1.80. The molecule has 0 aromatic carbocycles. The van der Waals surface area contributed by atoms with Crippen LogP contribution in [0.1, 0.15) is 11.4 Å². The maximum atomic E-state index is 8.75. The van der Waals surface area contributed by atoms with Crippen LogP contribution in [0.4, 0.5) is 0 Å². The Labute approximate surface area is 99.1 Å². The molecule has 0 aliphatic heterocycles. The summed E-state index contributed by atoms with van der Waals surface area (Å²) in [4.78, 5) is 0. The van der Waals surface area contributed by atoms with E-state index in [1.54, 1.807) is 10.9 Å². The molecule has 17 heavy (non-hydrogen) atoms. The molecule has 92 valence electrons. The molecular formula is C10H16N6O. The second kappa shape index (κ2) is 5.55. The maximum absolute atomic E-state index is 8.75. The first kappa shape index (κ1) is 11.7. The summed E-state index contributed by atoms with van der Waals surface area (Å²) in [5.41, 5.74) is 1.98. The van der Waals surface area contributed by atoms with Gasteiger partial charge in [-0.05, 0) is 6.07 Å². The van der Waals surface area contributed by atoms with Gasteiger partial charge in [0.15, 0.2) is 0 Å². The van der Waals surface area contributed by atoms with Crippen LogP contribution in [0.3, 0.4) is 0 Å². The van der Waals surface area contributed by atoms with Crippen LogP contribution in [0, 0.1) is 0 Å². The number of hydrogen-bond acceptors (Lipinski definition) is 5. The zero-order valence-electron chi connectivity index (χ0n) is 9.74. The Morgan fingerprint density at radius 2 is 2.29 bits per heavy atom. The molecule has 2 rings (SSSR count). The van der Waals surface area contributed by atoms with Gasteiger partial charge >= 0.3 is 0 Å². The van der Waals surface area contributed by atoms with Crippen molar-refractivity contribution in [3.8, 4) is 0 Å². The molecule has 0 spiro atoms. The molecular weight excluding hydrogens is 220 g/mol. The SMILES string of the molecule is Cn1nccc1CNCc1cn(CCO)nn1. The normalized spacial score (nSPS) is 10.9. The molecule has 0 aliphatic rings. The van der Waals surface area contributed by atoms with Crippen LogP contribution in [0.5, 0.6) is 0 Å². The number of aromatic nitrogens is 5. The Morgan fingerprint density at radius 1 is 1.41 bits per heavy atom. The van der Waals surface area contributed by atoms with Crippen molar-refractivity contribution in [2.45, 2.75) is 19.6 Å². The van der Waals surface area contributed by atoms with Crippen LogP contribution >= 0.6 is 0 Å². The van der Waals surface area contributed by atoms with Gasteiger partial charge in [-0.25, -0.2) is 4.68 Å². The first-order valence-electron chi connectivity index (χ1n) is 5.47. The molecule has 2 heterocycles. The number of aryl methyl sites for hydroxylation is 1. The minimum Gasteiger partial charge on any atom is -0.394 e. The highest BCUT2D eigenvalue weighted by Gasteiger charge is 2.01. The van der Waals surface area contributed by atoms with Gasteiger partial charge in [0, 0.05) is 32.5 Å². The number of aliphatic hydroxyl groups is 1. The standard InChI is InChI=1S/C10H16N6O/c1-15-10(2-3-12-15)7-11-6-9-8-16(4-5-17)14-13-9/h2-3,8,11,17H,4-7H2,1H3. The van der Waals surface area contributed by atoms with Gasteiger partial charge in [-0.15, -0.1) is 5.10 Å². The number of nitrogens with zero attached hydrogens (tertiary/aromatic N) is 5. The molecule has 0 radical (unpaired) electrons. The Bertz CT molecular complexity index is 463. The van der Waals surface area contributed by atoms with Gasteiger partial charge in [-0.3, -0.25) is 4.68 Å². The van der Waals surface area contributed by atoms with E-state index >= 15 is 0 Å². The van der Waals surface area contributed by atoms with Crippen molar-refractivity contribution in [1.82, 2.24) is 30.1 Å².